The minimum absolute atomic E-state index is 0.0749. The van der Waals surface area contributed by atoms with Gasteiger partial charge in [0.1, 0.15) is 29.4 Å². The van der Waals surface area contributed by atoms with E-state index in [0.717, 1.165) is 22.5 Å². The maximum atomic E-state index is 13.5. The predicted octanol–water partition coefficient (Wildman–Crippen LogP) is 3.96. The fraction of sp³-hybridized carbons (Fsp3) is 0.179. The molecule has 12 heteroatoms. The van der Waals surface area contributed by atoms with E-state index in [0.29, 0.717) is 27.7 Å². The van der Waals surface area contributed by atoms with Crippen LogP contribution in [0.5, 0.6) is 17.2 Å². The molecule has 2 aromatic heterocycles. The molecule has 1 N–H and O–H groups in total. The second-order valence-electron chi connectivity index (χ2n) is 8.96. The van der Waals surface area contributed by atoms with E-state index in [4.69, 9.17) is 19.2 Å². The van der Waals surface area contributed by atoms with Crippen molar-refractivity contribution in [1.29, 1.82) is 0 Å². The van der Waals surface area contributed by atoms with Crippen LogP contribution in [-0.2, 0) is 22.7 Å². The minimum atomic E-state index is -0.359. The molecule has 0 unspecified atom stereocenters. The zero-order valence-electron chi connectivity index (χ0n) is 21.4. The average molecular weight is 557 g/mol. The van der Waals surface area contributed by atoms with Gasteiger partial charge < -0.3 is 24.4 Å². The van der Waals surface area contributed by atoms with E-state index in [-0.39, 0.29) is 38.2 Å². The number of para-hydroxylation sites is 1. The summed E-state index contributed by atoms with van der Waals surface area (Å²) < 4.78 is 17.5. The summed E-state index contributed by atoms with van der Waals surface area (Å²) in [5.74, 6) is 1.27. The number of nitrogens with one attached hydrogen (secondary N) is 1. The average Bonchev–Trinajstić information content (AvgIpc) is 3.73. The first-order valence-corrected chi connectivity index (χ1v) is 13.3. The number of thiazole rings is 1. The Balaban J connectivity index is 1.21. The molecule has 11 nitrogen and oxygen atoms in total. The van der Waals surface area contributed by atoms with Crippen molar-refractivity contribution in [3.8, 4) is 28.5 Å². The number of amides is 2. The largest absolute Gasteiger partial charge is 0.497 e. The number of benzene rings is 3. The van der Waals surface area contributed by atoms with Crippen LogP contribution in [0.15, 0.2) is 72.1 Å². The molecule has 1 aliphatic rings. The lowest BCUT2D eigenvalue weighted by molar-refractivity contribution is -0.136. The Labute approximate surface area is 232 Å². The molecule has 0 saturated carbocycles. The van der Waals surface area contributed by atoms with Gasteiger partial charge in [-0.2, -0.15) is 0 Å². The molecular weight excluding hydrogens is 532 g/mol. The van der Waals surface area contributed by atoms with Crippen molar-refractivity contribution in [1.82, 2.24) is 24.9 Å². The number of hydrogen-bond acceptors (Lipinski definition) is 9. The minimum Gasteiger partial charge on any atom is -0.497 e. The molecule has 0 bridgehead atoms. The maximum absolute atomic E-state index is 13.5. The van der Waals surface area contributed by atoms with E-state index in [1.54, 1.807) is 25.3 Å². The molecule has 0 radical (unpaired) electrons. The van der Waals surface area contributed by atoms with Gasteiger partial charge in [0.15, 0.2) is 11.5 Å². The third-order valence-corrected chi connectivity index (χ3v) is 7.15. The molecule has 0 atom stereocenters. The highest BCUT2D eigenvalue weighted by atomic mass is 32.1. The number of aromatic nitrogens is 4. The number of methoxy groups -OCH3 is 1. The van der Waals surface area contributed by atoms with Crippen molar-refractivity contribution in [3.05, 3.63) is 77.1 Å². The van der Waals surface area contributed by atoms with Gasteiger partial charge >= 0.3 is 0 Å². The molecule has 6 rings (SSSR count). The monoisotopic (exact) mass is 556 g/mol. The molecule has 0 fully saturated rings. The summed E-state index contributed by atoms with van der Waals surface area (Å²) in [6.07, 6.45) is 0. The first-order valence-electron chi connectivity index (χ1n) is 12.4. The van der Waals surface area contributed by atoms with Crippen molar-refractivity contribution in [2.45, 2.75) is 13.1 Å². The summed E-state index contributed by atoms with van der Waals surface area (Å²) in [5.41, 5.74) is 3.67. The molecule has 0 spiro atoms. The molecule has 1 aliphatic heterocycles. The molecule has 202 valence electrons. The number of fused-ring (bicyclic) bond motifs is 2. The Hall–Kier alpha value is -4.97. The Bertz CT molecular complexity index is 1680. The van der Waals surface area contributed by atoms with Gasteiger partial charge in [0.2, 0.25) is 18.6 Å². The van der Waals surface area contributed by atoms with Gasteiger partial charge in [0.25, 0.3) is 0 Å². The Morgan fingerprint density at radius 2 is 1.90 bits per heavy atom. The molecule has 0 aliphatic carbocycles. The lowest BCUT2D eigenvalue weighted by Crippen LogP contribution is -2.39. The van der Waals surface area contributed by atoms with Crippen LogP contribution in [0.1, 0.15) is 5.01 Å². The summed E-state index contributed by atoms with van der Waals surface area (Å²) in [4.78, 5) is 32.8. The Morgan fingerprint density at radius 1 is 1.07 bits per heavy atom. The van der Waals surface area contributed by atoms with Crippen LogP contribution in [-0.4, -0.2) is 57.1 Å². The van der Waals surface area contributed by atoms with Gasteiger partial charge in [0.05, 0.1) is 24.9 Å². The maximum Gasteiger partial charge on any atom is 0.245 e. The summed E-state index contributed by atoms with van der Waals surface area (Å²) in [6.45, 7) is 0.0328. The Kier molecular flexibility index (Phi) is 6.98. The van der Waals surface area contributed by atoms with E-state index >= 15 is 0 Å². The second-order valence-corrected chi connectivity index (χ2v) is 9.90. The normalized spacial score (nSPS) is 11.9. The van der Waals surface area contributed by atoms with Crippen molar-refractivity contribution in [3.63, 3.8) is 0 Å². The number of carbonyl (C=O) groups excluding carboxylic acids is 2. The number of rotatable bonds is 9. The van der Waals surface area contributed by atoms with Crippen molar-refractivity contribution < 1.29 is 23.8 Å². The second kappa shape index (κ2) is 11.0. The third kappa shape index (κ3) is 5.43. The number of ether oxygens (including phenoxy) is 3. The number of carbonyl (C=O) groups is 2. The van der Waals surface area contributed by atoms with Crippen LogP contribution in [0.2, 0.25) is 0 Å². The van der Waals surface area contributed by atoms with Crippen molar-refractivity contribution in [2.24, 2.45) is 0 Å². The molecular formula is C28H24N6O5S. The van der Waals surface area contributed by atoms with Crippen LogP contribution >= 0.6 is 11.3 Å². The summed E-state index contributed by atoms with van der Waals surface area (Å²) in [7, 11) is 1.62. The Morgan fingerprint density at radius 3 is 2.75 bits per heavy atom. The number of hydrogen-bond donors (Lipinski definition) is 1. The zero-order valence-corrected chi connectivity index (χ0v) is 22.3. The van der Waals surface area contributed by atoms with E-state index < -0.39 is 0 Å². The number of nitrogens with zero attached hydrogens (tertiary/aromatic N) is 5. The summed E-state index contributed by atoms with van der Waals surface area (Å²) in [5, 5.41) is 13.7. The highest BCUT2D eigenvalue weighted by Gasteiger charge is 2.22. The van der Waals surface area contributed by atoms with Gasteiger partial charge in [0, 0.05) is 22.7 Å². The van der Waals surface area contributed by atoms with Crippen LogP contribution in [0.4, 0.5) is 5.69 Å². The highest BCUT2D eigenvalue weighted by molar-refractivity contribution is 7.09. The van der Waals surface area contributed by atoms with Gasteiger partial charge in [-0.3, -0.25) is 9.59 Å². The molecule has 40 heavy (non-hydrogen) atoms. The molecule has 2 amide bonds. The van der Waals surface area contributed by atoms with E-state index in [2.05, 4.69) is 15.6 Å². The van der Waals surface area contributed by atoms with Crippen molar-refractivity contribution >= 4 is 39.9 Å². The predicted molar refractivity (Wildman–Crippen MR) is 148 cm³/mol. The topological polar surface area (TPSA) is 121 Å². The van der Waals surface area contributed by atoms with Crippen LogP contribution in [0, 0.1) is 0 Å². The van der Waals surface area contributed by atoms with Crippen LogP contribution < -0.4 is 19.5 Å². The van der Waals surface area contributed by atoms with Crippen LogP contribution in [0.25, 0.3) is 22.3 Å². The molecule has 0 saturated heterocycles. The quantitative estimate of drug-likeness (QED) is 0.290. The first kappa shape index (κ1) is 25.3. The molecule has 3 heterocycles. The lowest BCUT2D eigenvalue weighted by atomic mass is 10.2. The van der Waals surface area contributed by atoms with Gasteiger partial charge in [-0.15, -0.1) is 16.4 Å². The molecule has 5 aromatic rings. The fourth-order valence-corrected chi connectivity index (χ4v) is 5.10. The first-order chi connectivity index (χ1) is 19.6. The van der Waals surface area contributed by atoms with Crippen molar-refractivity contribution in [2.75, 3.05) is 25.8 Å². The summed E-state index contributed by atoms with van der Waals surface area (Å²) >= 11 is 1.42. The van der Waals surface area contributed by atoms with Gasteiger partial charge in [-0.25, -0.2) is 9.67 Å². The molecule has 3 aromatic carbocycles. The van der Waals surface area contributed by atoms with Gasteiger partial charge in [-0.05, 0) is 48.5 Å². The lowest BCUT2D eigenvalue weighted by Gasteiger charge is -2.21. The van der Waals surface area contributed by atoms with E-state index in [1.165, 1.54) is 20.9 Å². The fourth-order valence-electron chi connectivity index (χ4n) is 4.28. The highest BCUT2D eigenvalue weighted by Crippen LogP contribution is 2.34. The SMILES string of the molecule is COc1ccc(-c2csc(CN(CC(=O)Nc3ccc4c(c3)OCO4)C(=O)Cn3nnc4ccccc43)n2)cc1. The van der Waals surface area contributed by atoms with Crippen LogP contribution in [0.3, 0.4) is 0 Å². The van der Waals surface area contributed by atoms with Gasteiger partial charge in [-0.1, -0.05) is 17.3 Å². The van der Waals surface area contributed by atoms with E-state index in [9.17, 15) is 9.59 Å². The smallest absolute Gasteiger partial charge is 0.245 e. The zero-order chi connectivity index (χ0) is 27.5. The third-order valence-electron chi connectivity index (χ3n) is 6.31. The summed E-state index contributed by atoms with van der Waals surface area (Å²) in [6, 6.07) is 20.1. The van der Waals surface area contributed by atoms with E-state index in [1.807, 2.05) is 53.9 Å². The number of anilines is 1. The standard InChI is InChI=1S/C28H24N6O5S/c1-37-20-9-6-18(7-10-20)22-16-40-27(30-22)14-33(28(36)15-34-23-5-3-2-4-21(23)31-32-34)13-26(35)29-19-8-11-24-25(12-19)39-17-38-24/h2-12,16H,13-15,17H2,1H3,(H,29,35).